The number of rotatable bonds is 15. The van der Waals surface area contributed by atoms with Crippen molar-refractivity contribution in [2.75, 3.05) is 32.1 Å². The van der Waals surface area contributed by atoms with Gasteiger partial charge < -0.3 is 30.7 Å². The van der Waals surface area contributed by atoms with E-state index < -0.39 is 23.4 Å². The number of carbonyl (C=O) groups is 3. The van der Waals surface area contributed by atoms with Crippen LogP contribution in [0, 0.1) is 0 Å². The highest BCUT2D eigenvalue weighted by Crippen LogP contribution is 2.28. The topological polar surface area (TPSA) is 141 Å². The van der Waals surface area contributed by atoms with Crippen LogP contribution < -0.4 is 21.1 Å². The fourth-order valence-electron chi connectivity index (χ4n) is 5.06. The molecule has 0 saturated carbocycles. The molecule has 4 rings (SSSR count). The van der Waals surface area contributed by atoms with Crippen LogP contribution in [-0.4, -0.2) is 70.8 Å². The maximum Gasteiger partial charge on any atom is 0.249 e. The first-order chi connectivity index (χ1) is 21.1. The van der Waals surface area contributed by atoms with Gasteiger partial charge in [-0.2, -0.15) is 5.10 Å². The van der Waals surface area contributed by atoms with Crippen molar-refractivity contribution in [3.63, 3.8) is 0 Å². The van der Waals surface area contributed by atoms with Gasteiger partial charge in [-0.1, -0.05) is 42.5 Å². The molecule has 1 fully saturated rings. The van der Waals surface area contributed by atoms with E-state index in [9.17, 15) is 14.4 Å². The van der Waals surface area contributed by atoms with Crippen molar-refractivity contribution < 1.29 is 23.9 Å². The van der Waals surface area contributed by atoms with Gasteiger partial charge in [0.2, 0.25) is 17.7 Å². The molecule has 0 aliphatic carbocycles. The number of aryl methyl sites for hydroxylation is 1. The zero-order valence-electron chi connectivity index (χ0n) is 25.8. The van der Waals surface area contributed by atoms with Crippen LogP contribution in [0.5, 0.6) is 5.75 Å². The van der Waals surface area contributed by atoms with Crippen LogP contribution in [-0.2, 0) is 32.3 Å². The quantitative estimate of drug-likeness (QED) is 0.241. The molecule has 11 heteroatoms. The van der Waals surface area contributed by atoms with E-state index in [0.29, 0.717) is 31.7 Å². The first-order valence-corrected chi connectivity index (χ1v) is 15.1. The van der Waals surface area contributed by atoms with Crippen LogP contribution >= 0.6 is 0 Å². The Labute approximate surface area is 259 Å². The molecule has 0 radical (unpaired) electrons. The molecule has 236 valence electrons. The fraction of sp³-hybridized carbons (Fsp3) is 0.455. The lowest BCUT2D eigenvalue weighted by Gasteiger charge is -2.24. The molecule has 3 amide bonds. The van der Waals surface area contributed by atoms with Crippen LogP contribution in [0.1, 0.15) is 56.6 Å². The molecule has 3 aromatic rings. The molecule has 4 N–H and O–H groups in total. The number of anilines is 1. The first kappa shape index (κ1) is 32.7. The number of nitrogens with one attached hydrogen (secondary N) is 2. The van der Waals surface area contributed by atoms with Crippen molar-refractivity contribution in [1.29, 1.82) is 0 Å². The summed E-state index contributed by atoms with van der Waals surface area (Å²) in [5.74, 6) is -0.244. The van der Waals surface area contributed by atoms with Crippen LogP contribution in [0.2, 0.25) is 0 Å². The first-order valence-electron chi connectivity index (χ1n) is 15.1. The molecule has 0 bridgehead atoms. The molecule has 2 heterocycles. The lowest BCUT2D eigenvalue weighted by Crippen LogP contribution is -2.56. The average Bonchev–Trinajstić information content (AvgIpc) is 3.71. The second kappa shape index (κ2) is 15.5. The molecule has 2 aromatic carbocycles. The number of amides is 3. The molecule has 2 atom stereocenters. The minimum atomic E-state index is -1.16. The highest BCUT2D eigenvalue weighted by atomic mass is 16.5. The number of methoxy groups -OCH3 is 1. The average molecular weight is 605 g/mol. The number of ether oxygens (including phenoxy) is 2. The predicted molar refractivity (Wildman–Crippen MR) is 168 cm³/mol. The van der Waals surface area contributed by atoms with Crippen LogP contribution in [0.3, 0.4) is 0 Å². The van der Waals surface area contributed by atoms with Crippen molar-refractivity contribution >= 4 is 23.4 Å². The van der Waals surface area contributed by atoms with E-state index in [4.69, 9.17) is 15.2 Å². The summed E-state index contributed by atoms with van der Waals surface area (Å²) >= 11 is 0. The molecule has 1 unspecified atom stereocenters. The van der Waals surface area contributed by atoms with Gasteiger partial charge in [-0.05, 0) is 62.8 Å². The molecule has 1 aliphatic heterocycles. The Hall–Kier alpha value is -4.22. The molecule has 11 nitrogen and oxygen atoms in total. The number of benzene rings is 2. The highest BCUT2D eigenvalue weighted by Gasteiger charge is 2.29. The number of hydrogen-bond donors (Lipinski definition) is 3. The van der Waals surface area contributed by atoms with E-state index in [2.05, 4.69) is 15.7 Å². The van der Waals surface area contributed by atoms with E-state index in [1.165, 1.54) is 0 Å². The number of nitrogens with two attached hydrogens (primary N) is 1. The van der Waals surface area contributed by atoms with Gasteiger partial charge in [0.15, 0.2) is 0 Å². The van der Waals surface area contributed by atoms with Gasteiger partial charge in [0.25, 0.3) is 0 Å². The van der Waals surface area contributed by atoms with Crippen molar-refractivity contribution in [2.45, 2.75) is 70.2 Å². The molecule has 1 aliphatic rings. The maximum atomic E-state index is 13.4. The van der Waals surface area contributed by atoms with E-state index in [0.717, 1.165) is 42.8 Å². The van der Waals surface area contributed by atoms with E-state index >= 15 is 0 Å². The molecular weight excluding hydrogens is 560 g/mol. The van der Waals surface area contributed by atoms with Crippen molar-refractivity contribution in [3.8, 4) is 5.75 Å². The van der Waals surface area contributed by atoms with E-state index in [1.807, 2.05) is 59.5 Å². The van der Waals surface area contributed by atoms with Crippen molar-refractivity contribution in [2.24, 2.45) is 5.73 Å². The lowest BCUT2D eigenvalue weighted by molar-refractivity contribution is -0.132. The highest BCUT2D eigenvalue weighted by molar-refractivity contribution is 5.98. The maximum absolute atomic E-state index is 13.4. The van der Waals surface area contributed by atoms with E-state index in [1.54, 1.807) is 38.0 Å². The zero-order valence-corrected chi connectivity index (χ0v) is 25.8. The van der Waals surface area contributed by atoms with Gasteiger partial charge in [0.1, 0.15) is 11.8 Å². The molecule has 1 aromatic heterocycles. The van der Waals surface area contributed by atoms with Gasteiger partial charge >= 0.3 is 0 Å². The predicted octanol–water partition coefficient (Wildman–Crippen LogP) is 3.46. The summed E-state index contributed by atoms with van der Waals surface area (Å²) in [7, 11) is 1.62. The fourth-order valence-corrected chi connectivity index (χ4v) is 5.06. The Morgan fingerprint density at radius 3 is 2.41 bits per heavy atom. The van der Waals surface area contributed by atoms with Crippen LogP contribution in [0.4, 0.5) is 5.69 Å². The summed E-state index contributed by atoms with van der Waals surface area (Å²) in [6, 6.07) is 16.3. The third-order valence-corrected chi connectivity index (χ3v) is 7.62. The molecule has 44 heavy (non-hydrogen) atoms. The Bertz CT molecular complexity index is 1360. The number of aromatic nitrogens is 2. The number of likely N-dealkylation sites (tertiary alicyclic amines) is 1. The minimum Gasteiger partial charge on any atom is -0.497 e. The largest absolute Gasteiger partial charge is 0.497 e. The molecule has 1 saturated heterocycles. The van der Waals surface area contributed by atoms with Gasteiger partial charge in [-0.25, -0.2) is 0 Å². The molecule has 0 spiro atoms. The minimum absolute atomic E-state index is 0.0333. The Morgan fingerprint density at radius 2 is 1.75 bits per heavy atom. The number of hydrogen-bond acceptors (Lipinski definition) is 7. The van der Waals surface area contributed by atoms with Gasteiger partial charge in [-0.15, -0.1) is 0 Å². The molecular formula is C33H44N6O5. The summed E-state index contributed by atoms with van der Waals surface area (Å²) in [6.45, 7) is 5.58. The lowest BCUT2D eigenvalue weighted by atomic mass is 9.92. The smallest absolute Gasteiger partial charge is 0.249 e. The summed E-state index contributed by atoms with van der Waals surface area (Å²) in [5, 5.41) is 9.93. The van der Waals surface area contributed by atoms with Gasteiger partial charge in [0, 0.05) is 25.8 Å². The summed E-state index contributed by atoms with van der Waals surface area (Å²) in [6.07, 6.45) is 6.74. The van der Waals surface area contributed by atoms with Crippen LogP contribution in [0.25, 0.3) is 0 Å². The summed E-state index contributed by atoms with van der Waals surface area (Å²) < 4.78 is 12.8. The third-order valence-electron chi connectivity index (χ3n) is 7.62. The second-order valence-corrected chi connectivity index (χ2v) is 11.7. The van der Waals surface area contributed by atoms with Crippen molar-refractivity contribution in [1.82, 2.24) is 20.0 Å². The second-order valence-electron chi connectivity index (χ2n) is 11.7. The van der Waals surface area contributed by atoms with Gasteiger partial charge in [0.05, 0.1) is 43.7 Å². The standard InChI is InChI=1S/C33H44N6O5/c1-33(2,34)32(42)37-29(23-44-22-24-10-5-4-6-11-24)30(40)36-26-20-35-39(21-26)19-9-12-28(31(41)38-17-7-8-18-38)25-13-15-27(43-3)16-14-25/h4-6,10-11,13-16,20-21,28-29H,7-9,12,17-19,22-23,34H2,1-3H3,(H,36,40)(H,37,42)/t28?,29-/m1/s1. The summed E-state index contributed by atoms with van der Waals surface area (Å²) in [4.78, 5) is 41.1. The van der Waals surface area contributed by atoms with E-state index in [-0.39, 0.29) is 18.4 Å². The summed E-state index contributed by atoms with van der Waals surface area (Å²) in [5.41, 5.74) is 7.20. The SMILES string of the molecule is COc1ccc(C(CCCn2cc(NC(=O)[C@@H](COCc3ccccc3)NC(=O)C(C)(C)N)cn2)C(=O)N2CCCC2)cc1. The monoisotopic (exact) mass is 604 g/mol. The van der Waals surface area contributed by atoms with Crippen molar-refractivity contribution in [3.05, 3.63) is 78.1 Å². The Morgan fingerprint density at radius 1 is 1.05 bits per heavy atom. The van der Waals surface area contributed by atoms with Gasteiger partial charge in [-0.3, -0.25) is 19.1 Å². The number of nitrogens with zero attached hydrogens (tertiary/aromatic N) is 3. The Balaban J connectivity index is 1.35. The number of carbonyl (C=O) groups excluding carboxylic acids is 3. The Kier molecular flexibility index (Phi) is 11.5. The normalized spacial score (nSPS) is 14.6. The van der Waals surface area contributed by atoms with Crippen LogP contribution in [0.15, 0.2) is 67.0 Å². The third kappa shape index (κ3) is 9.39. The zero-order chi connectivity index (χ0) is 31.5.